The summed E-state index contributed by atoms with van der Waals surface area (Å²) in [4.78, 5) is 10.4. The van der Waals surface area contributed by atoms with Crippen molar-refractivity contribution < 1.29 is 4.79 Å². The number of carbonyl (C=O) groups is 1. The van der Waals surface area contributed by atoms with Gasteiger partial charge >= 0.3 is 0 Å². The molecule has 1 unspecified atom stereocenters. The van der Waals surface area contributed by atoms with Gasteiger partial charge in [0.2, 0.25) is 5.91 Å². The Morgan fingerprint density at radius 2 is 2.36 bits per heavy atom. The minimum atomic E-state index is -0.203. The van der Waals surface area contributed by atoms with Crippen molar-refractivity contribution in [3.63, 3.8) is 0 Å². The van der Waals surface area contributed by atoms with E-state index in [0.29, 0.717) is 12.3 Å². The van der Waals surface area contributed by atoms with E-state index in [4.69, 9.17) is 5.73 Å². The van der Waals surface area contributed by atoms with E-state index in [0.717, 1.165) is 12.8 Å². The van der Waals surface area contributed by atoms with E-state index in [1.165, 1.54) is 0 Å². The third kappa shape index (κ3) is 6.34. The highest BCUT2D eigenvalue weighted by Gasteiger charge is 2.02. The molecule has 0 heterocycles. The molecule has 0 saturated heterocycles. The molecule has 2 N–H and O–H groups in total. The Morgan fingerprint density at radius 3 is 2.73 bits per heavy atom. The van der Waals surface area contributed by atoms with Gasteiger partial charge in [-0.2, -0.15) is 0 Å². The molecule has 0 aromatic carbocycles. The third-order valence-electron chi connectivity index (χ3n) is 1.63. The van der Waals surface area contributed by atoms with Gasteiger partial charge in [0.25, 0.3) is 0 Å². The van der Waals surface area contributed by atoms with E-state index >= 15 is 0 Å². The van der Waals surface area contributed by atoms with Crippen LogP contribution in [0.1, 0.15) is 26.2 Å². The summed E-state index contributed by atoms with van der Waals surface area (Å²) in [5.41, 5.74) is 5.03. The SMILES string of the molecule is CCC(/C=C\I)CCC(N)=O. The Labute approximate surface area is 81.4 Å². The molecule has 0 saturated carbocycles. The molecule has 0 radical (unpaired) electrons. The predicted molar refractivity (Wildman–Crippen MR) is 55.4 cm³/mol. The van der Waals surface area contributed by atoms with Crippen LogP contribution >= 0.6 is 22.6 Å². The lowest BCUT2D eigenvalue weighted by molar-refractivity contribution is -0.118. The van der Waals surface area contributed by atoms with E-state index in [9.17, 15) is 4.79 Å². The topological polar surface area (TPSA) is 43.1 Å². The molecule has 2 nitrogen and oxygen atoms in total. The highest BCUT2D eigenvalue weighted by atomic mass is 127. The quantitative estimate of drug-likeness (QED) is 0.762. The molecular weight excluding hydrogens is 253 g/mol. The van der Waals surface area contributed by atoms with Gasteiger partial charge in [0, 0.05) is 6.42 Å². The fourth-order valence-electron chi connectivity index (χ4n) is 0.867. The van der Waals surface area contributed by atoms with Crippen molar-refractivity contribution in [2.75, 3.05) is 0 Å². The molecule has 11 heavy (non-hydrogen) atoms. The summed E-state index contributed by atoms with van der Waals surface area (Å²) >= 11 is 2.19. The van der Waals surface area contributed by atoms with Gasteiger partial charge in [0.15, 0.2) is 0 Å². The van der Waals surface area contributed by atoms with Crippen LogP contribution in [0.4, 0.5) is 0 Å². The fourth-order valence-corrected chi connectivity index (χ4v) is 1.45. The summed E-state index contributed by atoms with van der Waals surface area (Å²) in [5.74, 6) is 0.310. The Kier molecular flexibility index (Phi) is 6.60. The predicted octanol–water partition coefficient (Wildman–Crippen LogP) is 2.23. The molecule has 0 rings (SSSR count). The fraction of sp³-hybridized carbons (Fsp3) is 0.625. The van der Waals surface area contributed by atoms with Crippen LogP contribution in [0.2, 0.25) is 0 Å². The van der Waals surface area contributed by atoms with Gasteiger partial charge in [-0.1, -0.05) is 35.6 Å². The second kappa shape index (κ2) is 6.64. The molecule has 0 aromatic heterocycles. The third-order valence-corrected chi connectivity index (χ3v) is 2.05. The summed E-state index contributed by atoms with van der Waals surface area (Å²) < 4.78 is 1.99. The number of primary amides is 1. The van der Waals surface area contributed by atoms with Crippen LogP contribution in [-0.4, -0.2) is 5.91 Å². The van der Waals surface area contributed by atoms with E-state index in [1.807, 2.05) is 4.08 Å². The van der Waals surface area contributed by atoms with Gasteiger partial charge in [-0.25, -0.2) is 0 Å². The highest BCUT2D eigenvalue weighted by molar-refractivity contribution is 14.1. The number of rotatable bonds is 5. The summed E-state index contributed by atoms with van der Waals surface area (Å²) in [7, 11) is 0. The standard InChI is InChI=1S/C8H14INO/c1-2-7(5-6-9)3-4-8(10)11/h5-7H,2-4H2,1H3,(H2,10,11)/b6-5-. The Morgan fingerprint density at radius 1 is 1.73 bits per heavy atom. The number of carbonyl (C=O) groups excluding carboxylic acids is 1. The van der Waals surface area contributed by atoms with Crippen molar-refractivity contribution in [3.8, 4) is 0 Å². The van der Waals surface area contributed by atoms with Gasteiger partial charge in [-0.05, 0) is 22.8 Å². The zero-order chi connectivity index (χ0) is 8.69. The van der Waals surface area contributed by atoms with Crippen LogP contribution in [0.15, 0.2) is 10.2 Å². The van der Waals surface area contributed by atoms with E-state index in [1.54, 1.807) is 0 Å². The number of hydrogen-bond acceptors (Lipinski definition) is 1. The molecule has 0 aliphatic carbocycles. The molecular formula is C8H14INO. The molecule has 1 amide bonds. The lowest BCUT2D eigenvalue weighted by Crippen LogP contribution is -2.11. The summed E-state index contributed by atoms with van der Waals surface area (Å²) in [6.07, 6.45) is 4.57. The zero-order valence-electron chi connectivity index (χ0n) is 6.72. The second-order valence-corrected chi connectivity index (χ2v) is 3.21. The minimum Gasteiger partial charge on any atom is -0.370 e. The number of allylic oxidation sites excluding steroid dienone is 1. The van der Waals surface area contributed by atoms with E-state index in [2.05, 4.69) is 35.6 Å². The van der Waals surface area contributed by atoms with Crippen LogP contribution in [0, 0.1) is 5.92 Å². The van der Waals surface area contributed by atoms with Crippen molar-refractivity contribution >= 4 is 28.5 Å². The Balaban J connectivity index is 3.60. The molecule has 0 aromatic rings. The minimum absolute atomic E-state index is 0.203. The van der Waals surface area contributed by atoms with E-state index < -0.39 is 0 Å². The van der Waals surface area contributed by atoms with E-state index in [-0.39, 0.29) is 5.91 Å². The molecule has 0 bridgehead atoms. The maximum absolute atomic E-state index is 10.4. The Hall–Kier alpha value is -0.0600. The van der Waals surface area contributed by atoms with Crippen molar-refractivity contribution in [2.24, 2.45) is 11.7 Å². The monoisotopic (exact) mass is 267 g/mol. The van der Waals surface area contributed by atoms with Crippen molar-refractivity contribution in [3.05, 3.63) is 10.2 Å². The molecule has 0 fully saturated rings. The largest absolute Gasteiger partial charge is 0.370 e. The summed E-state index contributed by atoms with van der Waals surface area (Å²) in [6.45, 7) is 2.11. The first kappa shape index (κ1) is 10.9. The molecule has 3 heteroatoms. The van der Waals surface area contributed by atoms with Crippen LogP contribution in [0.5, 0.6) is 0 Å². The smallest absolute Gasteiger partial charge is 0.217 e. The molecule has 0 aliphatic rings. The molecule has 0 aliphatic heterocycles. The summed E-state index contributed by atoms with van der Waals surface area (Å²) in [6, 6.07) is 0. The van der Waals surface area contributed by atoms with Gasteiger partial charge < -0.3 is 5.73 Å². The normalized spacial score (nSPS) is 13.6. The lowest BCUT2D eigenvalue weighted by atomic mass is 10.0. The van der Waals surface area contributed by atoms with Gasteiger partial charge in [0.05, 0.1) is 0 Å². The van der Waals surface area contributed by atoms with Gasteiger partial charge in [0.1, 0.15) is 0 Å². The van der Waals surface area contributed by atoms with Crippen molar-refractivity contribution in [1.29, 1.82) is 0 Å². The zero-order valence-corrected chi connectivity index (χ0v) is 8.87. The first-order valence-corrected chi connectivity index (χ1v) is 5.00. The molecule has 0 spiro atoms. The van der Waals surface area contributed by atoms with Gasteiger partial charge in [-0.15, -0.1) is 0 Å². The average Bonchev–Trinajstić information content (AvgIpc) is 1.97. The molecule has 1 atom stereocenters. The number of halogens is 1. The molecule has 64 valence electrons. The van der Waals surface area contributed by atoms with Crippen LogP contribution in [-0.2, 0) is 4.79 Å². The Bertz CT molecular complexity index is 145. The van der Waals surface area contributed by atoms with Crippen molar-refractivity contribution in [2.45, 2.75) is 26.2 Å². The van der Waals surface area contributed by atoms with Crippen molar-refractivity contribution in [1.82, 2.24) is 0 Å². The average molecular weight is 267 g/mol. The number of amides is 1. The number of hydrogen-bond donors (Lipinski definition) is 1. The highest BCUT2D eigenvalue weighted by Crippen LogP contribution is 2.12. The number of nitrogens with two attached hydrogens (primary N) is 1. The first-order chi connectivity index (χ1) is 5.20. The van der Waals surface area contributed by atoms with Crippen LogP contribution < -0.4 is 5.73 Å². The lowest BCUT2D eigenvalue weighted by Gasteiger charge is -2.06. The second-order valence-electron chi connectivity index (χ2n) is 2.49. The maximum Gasteiger partial charge on any atom is 0.217 e. The summed E-state index contributed by atoms with van der Waals surface area (Å²) in [5, 5.41) is 0. The first-order valence-electron chi connectivity index (χ1n) is 3.75. The van der Waals surface area contributed by atoms with Gasteiger partial charge in [-0.3, -0.25) is 4.79 Å². The van der Waals surface area contributed by atoms with Crippen LogP contribution in [0.3, 0.4) is 0 Å². The van der Waals surface area contributed by atoms with Crippen LogP contribution in [0.25, 0.3) is 0 Å². The maximum atomic E-state index is 10.4.